The molecule has 0 fully saturated rings. The van der Waals surface area contributed by atoms with Gasteiger partial charge in [-0.3, -0.25) is 0 Å². The maximum atomic E-state index is 12.9. The van der Waals surface area contributed by atoms with Crippen molar-refractivity contribution in [3.63, 3.8) is 0 Å². The first kappa shape index (κ1) is 11.1. The standard InChI is InChI=1S/C11H15F2N/c1-7(8(2)14-3)9-4-5-10(12)11(13)6-9/h4-8,14H,1-3H3. The summed E-state index contributed by atoms with van der Waals surface area (Å²) in [5.74, 6) is -1.41. The Bertz CT molecular complexity index is 312. The zero-order valence-corrected chi connectivity index (χ0v) is 8.64. The molecule has 0 saturated heterocycles. The fraction of sp³-hybridized carbons (Fsp3) is 0.455. The van der Waals surface area contributed by atoms with E-state index in [1.165, 1.54) is 12.1 Å². The van der Waals surface area contributed by atoms with E-state index < -0.39 is 11.6 Å². The lowest BCUT2D eigenvalue weighted by Gasteiger charge is -2.19. The largest absolute Gasteiger partial charge is 0.317 e. The van der Waals surface area contributed by atoms with Gasteiger partial charge in [0.15, 0.2) is 11.6 Å². The topological polar surface area (TPSA) is 12.0 Å². The molecule has 0 amide bonds. The van der Waals surface area contributed by atoms with Crippen molar-refractivity contribution in [1.82, 2.24) is 5.32 Å². The summed E-state index contributed by atoms with van der Waals surface area (Å²) >= 11 is 0. The van der Waals surface area contributed by atoms with Crippen molar-refractivity contribution in [1.29, 1.82) is 0 Å². The summed E-state index contributed by atoms with van der Waals surface area (Å²) in [6.07, 6.45) is 0. The Morgan fingerprint density at radius 3 is 2.29 bits per heavy atom. The number of hydrogen-bond acceptors (Lipinski definition) is 1. The van der Waals surface area contributed by atoms with Crippen LogP contribution in [0.3, 0.4) is 0 Å². The van der Waals surface area contributed by atoms with E-state index in [0.29, 0.717) is 0 Å². The molecule has 1 aromatic carbocycles. The molecule has 0 aliphatic carbocycles. The lowest BCUT2D eigenvalue weighted by molar-refractivity contribution is 0.494. The molecule has 0 aromatic heterocycles. The molecular formula is C11H15F2N. The van der Waals surface area contributed by atoms with Gasteiger partial charge in [-0.1, -0.05) is 13.0 Å². The van der Waals surface area contributed by atoms with Gasteiger partial charge in [-0.15, -0.1) is 0 Å². The van der Waals surface area contributed by atoms with Crippen molar-refractivity contribution >= 4 is 0 Å². The van der Waals surface area contributed by atoms with Gasteiger partial charge in [0.05, 0.1) is 0 Å². The van der Waals surface area contributed by atoms with Gasteiger partial charge in [0, 0.05) is 6.04 Å². The van der Waals surface area contributed by atoms with Gasteiger partial charge in [-0.25, -0.2) is 8.78 Å². The number of halogens is 2. The molecule has 0 bridgehead atoms. The number of likely N-dealkylation sites (N-methyl/N-ethyl adjacent to an activating group) is 1. The Labute approximate surface area is 83.1 Å². The number of nitrogens with one attached hydrogen (secondary N) is 1. The van der Waals surface area contributed by atoms with Crippen molar-refractivity contribution in [2.24, 2.45) is 0 Å². The molecule has 1 N–H and O–H groups in total. The second kappa shape index (κ2) is 4.51. The van der Waals surface area contributed by atoms with Crippen molar-refractivity contribution in [2.75, 3.05) is 7.05 Å². The number of rotatable bonds is 3. The second-order valence-corrected chi connectivity index (χ2v) is 3.54. The zero-order chi connectivity index (χ0) is 10.7. The van der Waals surface area contributed by atoms with E-state index in [-0.39, 0.29) is 12.0 Å². The third kappa shape index (κ3) is 2.29. The lowest BCUT2D eigenvalue weighted by Crippen LogP contribution is -2.27. The van der Waals surface area contributed by atoms with E-state index in [4.69, 9.17) is 0 Å². The molecule has 14 heavy (non-hydrogen) atoms. The third-order valence-electron chi connectivity index (χ3n) is 2.67. The fourth-order valence-electron chi connectivity index (χ4n) is 1.33. The molecule has 3 heteroatoms. The highest BCUT2D eigenvalue weighted by Crippen LogP contribution is 2.20. The third-order valence-corrected chi connectivity index (χ3v) is 2.67. The first-order valence-corrected chi connectivity index (χ1v) is 4.68. The van der Waals surface area contributed by atoms with Gasteiger partial charge in [-0.05, 0) is 37.6 Å². The predicted molar refractivity (Wildman–Crippen MR) is 53.3 cm³/mol. The van der Waals surface area contributed by atoms with Gasteiger partial charge in [0.25, 0.3) is 0 Å². The highest BCUT2D eigenvalue weighted by atomic mass is 19.2. The Morgan fingerprint density at radius 2 is 1.79 bits per heavy atom. The number of benzene rings is 1. The predicted octanol–water partition coefficient (Wildman–Crippen LogP) is 2.68. The molecule has 1 nitrogen and oxygen atoms in total. The van der Waals surface area contributed by atoms with Gasteiger partial charge in [-0.2, -0.15) is 0 Å². The van der Waals surface area contributed by atoms with Crippen LogP contribution in [0.1, 0.15) is 25.3 Å². The summed E-state index contributed by atoms with van der Waals surface area (Å²) < 4.78 is 25.6. The molecule has 1 aromatic rings. The first-order chi connectivity index (χ1) is 6.56. The molecule has 1 rings (SSSR count). The van der Waals surface area contributed by atoms with Crippen molar-refractivity contribution < 1.29 is 8.78 Å². The van der Waals surface area contributed by atoms with Gasteiger partial charge >= 0.3 is 0 Å². The smallest absolute Gasteiger partial charge is 0.159 e. The lowest BCUT2D eigenvalue weighted by atomic mass is 9.94. The van der Waals surface area contributed by atoms with E-state index in [1.807, 2.05) is 20.9 Å². The van der Waals surface area contributed by atoms with Crippen LogP contribution in [0.4, 0.5) is 8.78 Å². The van der Waals surface area contributed by atoms with Crippen molar-refractivity contribution in [3.05, 3.63) is 35.4 Å². The monoisotopic (exact) mass is 199 g/mol. The molecular weight excluding hydrogens is 184 g/mol. The molecule has 0 aliphatic heterocycles. The Morgan fingerprint density at radius 1 is 1.14 bits per heavy atom. The van der Waals surface area contributed by atoms with Crippen molar-refractivity contribution in [3.8, 4) is 0 Å². The summed E-state index contributed by atoms with van der Waals surface area (Å²) in [6.45, 7) is 3.99. The van der Waals surface area contributed by atoms with Crippen LogP contribution in [-0.2, 0) is 0 Å². The maximum absolute atomic E-state index is 12.9. The molecule has 0 spiro atoms. The van der Waals surface area contributed by atoms with E-state index in [1.54, 1.807) is 6.07 Å². The summed E-state index contributed by atoms with van der Waals surface area (Å²) in [7, 11) is 1.85. The quantitative estimate of drug-likeness (QED) is 0.789. The molecule has 0 heterocycles. The van der Waals surface area contributed by atoms with E-state index in [2.05, 4.69) is 5.32 Å². The molecule has 2 unspecified atom stereocenters. The Hall–Kier alpha value is -0.960. The van der Waals surface area contributed by atoms with Crippen LogP contribution in [0.15, 0.2) is 18.2 Å². The highest BCUT2D eigenvalue weighted by Gasteiger charge is 2.14. The summed E-state index contributed by atoms with van der Waals surface area (Å²) in [5, 5.41) is 3.08. The molecule has 0 saturated carbocycles. The van der Waals surface area contributed by atoms with Gasteiger partial charge in [0.1, 0.15) is 0 Å². The fourth-order valence-corrected chi connectivity index (χ4v) is 1.33. The molecule has 78 valence electrons. The van der Waals surface area contributed by atoms with Crippen LogP contribution in [-0.4, -0.2) is 13.1 Å². The maximum Gasteiger partial charge on any atom is 0.159 e. The molecule has 0 aliphatic rings. The van der Waals surface area contributed by atoms with E-state index in [9.17, 15) is 8.78 Å². The first-order valence-electron chi connectivity index (χ1n) is 4.68. The highest BCUT2D eigenvalue weighted by molar-refractivity contribution is 5.22. The summed E-state index contributed by atoms with van der Waals surface area (Å²) in [4.78, 5) is 0. The number of hydrogen-bond donors (Lipinski definition) is 1. The average molecular weight is 199 g/mol. The average Bonchev–Trinajstić information content (AvgIpc) is 2.20. The molecule has 2 atom stereocenters. The van der Waals surface area contributed by atoms with Crippen LogP contribution < -0.4 is 5.32 Å². The minimum Gasteiger partial charge on any atom is -0.317 e. The van der Waals surface area contributed by atoms with Crippen LogP contribution in [0, 0.1) is 11.6 Å². The van der Waals surface area contributed by atoms with Crippen LogP contribution in [0.5, 0.6) is 0 Å². The van der Waals surface area contributed by atoms with E-state index >= 15 is 0 Å². The summed E-state index contributed by atoms with van der Waals surface area (Å²) in [6, 6.07) is 4.29. The van der Waals surface area contributed by atoms with Gasteiger partial charge in [0.2, 0.25) is 0 Å². The second-order valence-electron chi connectivity index (χ2n) is 3.54. The van der Waals surface area contributed by atoms with Crippen LogP contribution in [0.25, 0.3) is 0 Å². The Balaban J connectivity index is 2.91. The van der Waals surface area contributed by atoms with Crippen molar-refractivity contribution in [2.45, 2.75) is 25.8 Å². The molecule has 0 radical (unpaired) electrons. The van der Waals surface area contributed by atoms with E-state index in [0.717, 1.165) is 5.56 Å². The van der Waals surface area contributed by atoms with Crippen LogP contribution >= 0.6 is 0 Å². The minimum atomic E-state index is -0.793. The Kier molecular flexibility index (Phi) is 3.58. The SMILES string of the molecule is CNC(C)C(C)c1ccc(F)c(F)c1. The minimum absolute atomic E-state index is 0.162. The summed E-state index contributed by atoms with van der Waals surface area (Å²) in [5.41, 5.74) is 0.811. The zero-order valence-electron chi connectivity index (χ0n) is 8.64. The van der Waals surface area contributed by atoms with Crippen LogP contribution in [0.2, 0.25) is 0 Å². The van der Waals surface area contributed by atoms with Gasteiger partial charge < -0.3 is 5.32 Å². The normalized spacial score (nSPS) is 15.2.